The van der Waals surface area contributed by atoms with Crippen molar-refractivity contribution in [1.82, 2.24) is 9.80 Å². The monoisotopic (exact) mass is 393 g/mol. The van der Waals surface area contributed by atoms with E-state index in [-0.39, 0.29) is 5.41 Å². The van der Waals surface area contributed by atoms with E-state index in [1.807, 2.05) is 12.1 Å². The molecule has 4 nitrogen and oxygen atoms in total. The van der Waals surface area contributed by atoms with Gasteiger partial charge >= 0.3 is 0 Å². The molecule has 2 fully saturated rings. The molecule has 0 aliphatic carbocycles. The number of rotatable bonds is 4. The minimum Gasteiger partial charge on any atom is -0.508 e. The SMILES string of the molecule is C[C@H]1CN2CCN(Cc3ccc(N(C)C)cc3)C[C@H]2C[C@@]1(C)c1cccc(O)c1. The van der Waals surface area contributed by atoms with Gasteiger partial charge in [0.05, 0.1) is 0 Å². The fraction of sp³-hybridized carbons (Fsp3) is 0.520. The Hall–Kier alpha value is -2.04. The number of fused-ring (bicyclic) bond motifs is 1. The maximum atomic E-state index is 10.0. The lowest BCUT2D eigenvalue weighted by atomic mass is 9.65. The molecule has 2 saturated heterocycles. The molecule has 0 bridgehead atoms. The number of phenols is 1. The van der Waals surface area contributed by atoms with Crippen LogP contribution in [0.25, 0.3) is 0 Å². The van der Waals surface area contributed by atoms with E-state index in [9.17, 15) is 5.11 Å². The third-order valence-corrected chi connectivity index (χ3v) is 7.31. The second-order valence-corrected chi connectivity index (χ2v) is 9.52. The largest absolute Gasteiger partial charge is 0.508 e. The van der Waals surface area contributed by atoms with Crippen LogP contribution < -0.4 is 4.90 Å². The second kappa shape index (κ2) is 8.00. The second-order valence-electron chi connectivity index (χ2n) is 9.52. The zero-order valence-electron chi connectivity index (χ0n) is 18.3. The van der Waals surface area contributed by atoms with Gasteiger partial charge in [-0.2, -0.15) is 0 Å². The number of aromatic hydroxyl groups is 1. The van der Waals surface area contributed by atoms with E-state index in [4.69, 9.17) is 0 Å². The molecule has 0 radical (unpaired) electrons. The van der Waals surface area contributed by atoms with Gasteiger partial charge in [-0.05, 0) is 53.1 Å². The highest BCUT2D eigenvalue weighted by atomic mass is 16.3. The highest BCUT2D eigenvalue weighted by Gasteiger charge is 2.44. The average Bonchev–Trinajstić information content (AvgIpc) is 2.69. The van der Waals surface area contributed by atoms with Crippen LogP contribution in [0.1, 0.15) is 31.4 Å². The minimum absolute atomic E-state index is 0.107. The van der Waals surface area contributed by atoms with Gasteiger partial charge in [-0.15, -0.1) is 0 Å². The van der Waals surface area contributed by atoms with Crippen LogP contribution in [0.5, 0.6) is 5.75 Å². The van der Waals surface area contributed by atoms with Crippen molar-refractivity contribution < 1.29 is 5.11 Å². The molecule has 0 saturated carbocycles. The van der Waals surface area contributed by atoms with E-state index in [1.165, 1.54) is 16.8 Å². The summed E-state index contributed by atoms with van der Waals surface area (Å²) in [6.45, 7) is 10.3. The Morgan fingerprint density at radius 2 is 1.83 bits per heavy atom. The lowest BCUT2D eigenvalue weighted by molar-refractivity contribution is -0.00557. The van der Waals surface area contributed by atoms with Crippen molar-refractivity contribution in [3.63, 3.8) is 0 Å². The van der Waals surface area contributed by atoms with E-state index in [0.717, 1.165) is 39.1 Å². The molecule has 3 atom stereocenters. The Balaban J connectivity index is 1.46. The van der Waals surface area contributed by atoms with Crippen LogP contribution in [0.4, 0.5) is 5.69 Å². The van der Waals surface area contributed by atoms with Crippen LogP contribution in [0, 0.1) is 5.92 Å². The van der Waals surface area contributed by atoms with E-state index in [1.54, 1.807) is 6.07 Å². The van der Waals surface area contributed by atoms with Crippen LogP contribution in [0.15, 0.2) is 48.5 Å². The number of piperidine rings is 1. The lowest BCUT2D eigenvalue weighted by Gasteiger charge is -2.53. The summed E-state index contributed by atoms with van der Waals surface area (Å²) in [4.78, 5) is 7.46. The number of piperazine rings is 1. The van der Waals surface area contributed by atoms with Crippen LogP contribution in [0.2, 0.25) is 0 Å². The van der Waals surface area contributed by atoms with Crippen molar-refractivity contribution in [1.29, 1.82) is 0 Å². The molecule has 0 aromatic heterocycles. The molecule has 2 aromatic rings. The summed E-state index contributed by atoms with van der Waals surface area (Å²) < 4.78 is 0. The molecule has 1 N–H and O–H groups in total. The van der Waals surface area contributed by atoms with Crippen molar-refractivity contribution in [3.8, 4) is 5.75 Å². The maximum Gasteiger partial charge on any atom is 0.115 e. The van der Waals surface area contributed by atoms with Gasteiger partial charge in [0.2, 0.25) is 0 Å². The number of hydrogen-bond donors (Lipinski definition) is 1. The molecule has 0 amide bonds. The van der Waals surface area contributed by atoms with Crippen molar-refractivity contribution in [3.05, 3.63) is 59.7 Å². The van der Waals surface area contributed by atoms with Crippen LogP contribution >= 0.6 is 0 Å². The predicted octanol–water partition coefficient (Wildman–Crippen LogP) is 3.94. The first-order valence-electron chi connectivity index (χ1n) is 10.9. The Morgan fingerprint density at radius 3 is 2.52 bits per heavy atom. The Bertz CT molecular complexity index is 834. The predicted molar refractivity (Wildman–Crippen MR) is 121 cm³/mol. The molecular weight excluding hydrogens is 358 g/mol. The van der Waals surface area contributed by atoms with Gasteiger partial charge < -0.3 is 10.0 Å². The normalized spacial score (nSPS) is 28.1. The maximum absolute atomic E-state index is 10.0. The molecule has 4 rings (SSSR count). The highest BCUT2D eigenvalue weighted by molar-refractivity contribution is 5.46. The van der Waals surface area contributed by atoms with Crippen molar-refractivity contribution >= 4 is 5.69 Å². The van der Waals surface area contributed by atoms with Crippen LogP contribution in [-0.2, 0) is 12.0 Å². The van der Waals surface area contributed by atoms with Crippen molar-refractivity contribution in [2.45, 2.75) is 38.3 Å². The standard InChI is InChI=1S/C25H35N3O/c1-19-16-28-13-12-27(17-20-8-10-22(11-9-20)26(3)4)18-23(28)15-25(19,2)21-6-5-7-24(29)14-21/h5-11,14,19,23,29H,12-13,15-18H2,1-4H3/t19-,23+,25+/m0/s1. The van der Waals surface area contributed by atoms with Gasteiger partial charge in [0.15, 0.2) is 0 Å². The van der Waals surface area contributed by atoms with Gasteiger partial charge in [-0.25, -0.2) is 0 Å². The number of nitrogens with zero attached hydrogens (tertiary/aromatic N) is 3. The molecule has 0 spiro atoms. The van der Waals surface area contributed by atoms with Gasteiger partial charge in [0.1, 0.15) is 5.75 Å². The summed E-state index contributed by atoms with van der Waals surface area (Å²) in [5.74, 6) is 0.954. The molecule has 4 heteroatoms. The number of hydrogen-bond acceptors (Lipinski definition) is 4. The van der Waals surface area contributed by atoms with Gasteiger partial charge in [0.25, 0.3) is 0 Å². The smallest absolute Gasteiger partial charge is 0.115 e. The average molecular weight is 394 g/mol. The Labute approximate surface area is 175 Å². The first kappa shape index (κ1) is 20.2. The summed E-state index contributed by atoms with van der Waals surface area (Å²) in [6, 6.07) is 17.5. The Kier molecular flexibility index (Phi) is 5.58. The molecule has 0 unspecified atom stereocenters. The summed E-state index contributed by atoms with van der Waals surface area (Å²) in [6.07, 6.45) is 1.15. The number of anilines is 1. The molecule has 29 heavy (non-hydrogen) atoms. The number of benzene rings is 2. The fourth-order valence-electron chi connectivity index (χ4n) is 5.20. The molecule has 2 heterocycles. The molecule has 2 aliphatic rings. The van der Waals surface area contributed by atoms with Gasteiger partial charge in [-0.1, -0.05) is 38.1 Å². The summed E-state index contributed by atoms with van der Waals surface area (Å²) >= 11 is 0. The van der Waals surface area contributed by atoms with Crippen molar-refractivity contribution in [2.24, 2.45) is 5.92 Å². The van der Waals surface area contributed by atoms with Crippen molar-refractivity contribution in [2.75, 3.05) is 45.2 Å². The minimum atomic E-state index is 0.107. The molecule has 2 aliphatic heterocycles. The topological polar surface area (TPSA) is 30.0 Å². The van der Waals surface area contributed by atoms with E-state index < -0.39 is 0 Å². The highest BCUT2D eigenvalue weighted by Crippen LogP contribution is 2.43. The third kappa shape index (κ3) is 4.15. The van der Waals surface area contributed by atoms with E-state index in [0.29, 0.717) is 17.7 Å². The third-order valence-electron chi connectivity index (χ3n) is 7.31. The summed E-state index contributed by atoms with van der Waals surface area (Å²) in [5, 5.41) is 10.0. The molecule has 156 valence electrons. The van der Waals surface area contributed by atoms with E-state index >= 15 is 0 Å². The summed E-state index contributed by atoms with van der Waals surface area (Å²) in [5.41, 5.74) is 4.03. The quantitative estimate of drug-likeness (QED) is 0.852. The molecule has 2 aromatic carbocycles. The van der Waals surface area contributed by atoms with Crippen LogP contribution in [-0.4, -0.2) is 61.2 Å². The first-order valence-corrected chi connectivity index (χ1v) is 10.9. The first-order chi connectivity index (χ1) is 13.8. The van der Waals surface area contributed by atoms with Gasteiger partial charge in [0, 0.05) is 58.5 Å². The lowest BCUT2D eigenvalue weighted by Crippen LogP contribution is -2.60. The van der Waals surface area contributed by atoms with Gasteiger partial charge in [-0.3, -0.25) is 9.80 Å². The zero-order chi connectivity index (χ0) is 20.6. The fourth-order valence-corrected chi connectivity index (χ4v) is 5.20. The summed E-state index contributed by atoms with van der Waals surface area (Å²) in [7, 11) is 4.17. The number of phenolic OH excluding ortho intramolecular Hbond substituents is 1. The molecular formula is C25H35N3O. The zero-order valence-corrected chi connectivity index (χ0v) is 18.3. The Morgan fingerprint density at radius 1 is 1.07 bits per heavy atom. The van der Waals surface area contributed by atoms with E-state index in [2.05, 4.69) is 73.0 Å². The van der Waals surface area contributed by atoms with Crippen LogP contribution in [0.3, 0.4) is 0 Å².